The van der Waals surface area contributed by atoms with Crippen LogP contribution in [0.2, 0.25) is 0 Å². The van der Waals surface area contributed by atoms with E-state index >= 15 is 0 Å². The molecule has 3 aromatic rings. The topological polar surface area (TPSA) is 103 Å². The molecule has 8 nitrogen and oxygen atoms in total. The normalized spacial score (nSPS) is 13.6. The smallest absolute Gasteiger partial charge is 0.262 e. The fourth-order valence-electron chi connectivity index (χ4n) is 3.65. The third-order valence-electron chi connectivity index (χ3n) is 5.50. The lowest BCUT2D eigenvalue weighted by Crippen LogP contribution is -2.27. The first kappa shape index (κ1) is 23.4. The van der Waals surface area contributed by atoms with E-state index in [1.54, 1.807) is 43.3 Å². The second kappa shape index (κ2) is 9.64. The minimum atomic E-state index is -3.96. The van der Waals surface area contributed by atoms with Crippen LogP contribution in [0.3, 0.4) is 0 Å². The fraction of sp³-hybridized carbons (Fsp3) is 0.240. The van der Waals surface area contributed by atoms with E-state index in [9.17, 15) is 13.2 Å². The molecule has 1 aliphatic rings. The SMILES string of the molecule is COc1ccccc1NS(=O)(=O)c1cc(C(=O)NC(C)c2ccc3c(c2)OCCO3)ccc1C. The summed E-state index contributed by atoms with van der Waals surface area (Å²) in [6.45, 7) is 4.50. The highest BCUT2D eigenvalue weighted by Gasteiger charge is 2.22. The van der Waals surface area contributed by atoms with Gasteiger partial charge in [0.2, 0.25) is 0 Å². The molecule has 1 amide bonds. The number of nitrogens with one attached hydrogen (secondary N) is 2. The van der Waals surface area contributed by atoms with E-state index in [2.05, 4.69) is 10.0 Å². The Hall–Kier alpha value is -3.72. The number of carbonyl (C=O) groups excluding carboxylic acids is 1. The molecule has 0 fully saturated rings. The van der Waals surface area contributed by atoms with Crippen molar-refractivity contribution in [2.24, 2.45) is 0 Å². The van der Waals surface area contributed by atoms with Gasteiger partial charge in [0, 0.05) is 5.56 Å². The van der Waals surface area contributed by atoms with Crippen LogP contribution < -0.4 is 24.2 Å². The lowest BCUT2D eigenvalue weighted by atomic mass is 10.1. The maximum absolute atomic E-state index is 13.1. The van der Waals surface area contributed by atoms with E-state index in [0.29, 0.717) is 41.7 Å². The highest BCUT2D eigenvalue weighted by molar-refractivity contribution is 7.92. The van der Waals surface area contributed by atoms with Gasteiger partial charge in [-0.15, -0.1) is 0 Å². The largest absolute Gasteiger partial charge is 0.495 e. The molecule has 0 radical (unpaired) electrons. The molecule has 1 unspecified atom stereocenters. The number of amides is 1. The van der Waals surface area contributed by atoms with E-state index in [-0.39, 0.29) is 16.5 Å². The van der Waals surface area contributed by atoms with Crippen LogP contribution in [0.4, 0.5) is 5.69 Å². The van der Waals surface area contributed by atoms with Crippen molar-refractivity contribution in [1.82, 2.24) is 5.32 Å². The van der Waals surface area contributed by atoms with Gasteiger partial charge in [-0.25, -0.2) is 8.42 Å². The number of carbonyl (C=O) groups is 1. The zero-order valence-electron chi connectivity index (χ0n) is 19.1. The number of rotatable bonds is 7. The summed E-state index contributed by atoms with van der Waals surface area (Å²) in [6.07, 6.45) is 0. The molecule has 0 spiro atoms. The minimum absolute atomic E-state index is 0.0121. The highest BCUT2D eigenvalue weighted by Crippen LogP contribution is 2.33. The number of ether oxygens (including phenoxy) is 3. The molecule has 1 atom stereocenters. The van der Waals surface area contributed by atoms with Crippen molar-refractivity contribution in [3.63, 3.8) is 0 Å². The van der Waals surface area contributed by atoms with Gasteiger partial charge in [-0.3, -0.25) is 9.52 Å². The summed E-state index contributed by atoms with van der Waals surface area (Å²) in [5.41, 5.74) is 1.90. The first-order valence-corrected chi connectivity index (χ1v) is 12.2. The maximum atomic E-state index is 13.1. The van der Waals surface area contributed by atoms with E-state index in [1.165, 1.54) is 13.2 Å². The Morgan fingerprint density at radius 3 is 2.50 bits per heavy atom. The number of hydrogen-bond acceptors (Lipinski definition) is 6. The van der Waals surface area contributed by atoms with E-state index < -0.39 is 15.9 Å². The fourth-order valence-corrected chi connectivity index (χ4v) is 4.99. The van der Waals surface area contributed by atoms with Crippen molar-refractivity contribution in [3.8, 4) is 17.2 Å². The van der Waals surface area contributed by atoms with Gasteiger partial charge in [-0.05, 0) is 61.4 Å². The van der Waals surface area contributed by atoms with Crippen molar-refractivity contribution in [3.05, 3.63) is 77.4 Å². The molecule has 1 heterocycles. The molecule has 0 bridgehead atoms. The molecular weight excluding hydrogens is 456 g/mol. The van der Waals surface area contributed by atoms with Gasteiger partial charge >= 0.3 is 0 Å². The Balaban J connectivity index is 1.54. The monoisotopic (exact) mass is 482 g/mol. The van der Waals surface area contributed by atoms with Crippen LogP contribution in [0.15, 0.2) is 65.6 Å². The Labute approximate surface area is 198 Å². The number of methoxy groups -OCH3 is 1. The van der Waals surface area contributed by atoms with Gasteiger partial charge in [0.05, 0.1) is 23.7 Å². The average molecular weight is 483 g/mol. The number of fused-ring (bicyclic) bond motifs is 1. The lowest BCUT2D eigenvalue weighted by Gasteiger charge is -2.21. The molecule has 34 heavy (non-hydrogen) atoms. The van der Waals surface area contributed by atoms with Gasteiger partial charge in [-0.1, -0.05) is 24.3 Å². The molecule has 3 aromatic carbocycles. The third-order valence-corrected chi connectivity index (χ3v) is 7.01. The van der Waals surface area contributed by atoms with Crippen LogP contribution in [0.25, 0.3) is 0 Å². The Morgan fingerprint density at radius 1 is 1.00 bits per heavy atom. The first-order chi connectivity index (χ1) is 16.3. The zero-order chi connectivity index (χ0) is 24.3. The number of aryl methyl sites for hydroxylation is 1. The van der Waals surface area contributed by atoms with Crippen molar-refractivity contribution < 1.29 is 27.4 Å². The van der Waals surface area contributed by atoms with Crippen molar-refractivity contribution in [2.75, 3.05) is 25.0 Å². The molecule has 0 saturated carbocycles. The van der Waals surface area contributed by atoms with Crippen molar-refractivity contribution >= 4 is 21.6 Å². The molecule has 178 valence electrons. The summed E-state index contributed by atoms with van der Waals surface area (Å²) < 4.78 is 45.2. The first-order valence-electron chi connectivity index (χ1n) is 10.8. The van der Waals surface area contributed by atoms with Crippen LogP contribution in [-0.4, -0.2) is 34.6 Å². The van der Waals surface area contributed by atoms with Gasteiger partial charge in [0.15, 0.2) is 11.5 Å². The van der Waals surface area contributed by atoms with E-state index in [4.69, 9.17) is 14.2 Å². The van der Waals surface area contributed by atoms with E-state index in [1.807, 2.05) is 25.1 Å². The van der Waals surface area contributed by atoms with Crippen LogP contribution in [-0.2, 0) is 10.0 Å². The Morgan fingerprint density at radius 2 is 1.74 bits per heavy atom. The molecule has 0 aliphatic carbocycles. The number of benzene rings is 3. The number of anilines is 1. The summed E-state index contributed by atoms with van der Waals surface area (Å²) in [7, 11) is -2.50. The zero-order valence-corrected chi connectivity index (χ0v) is 19.9. The molecule has 4 rings (SSSR count). The van der Waals surface area contributed by atoms with Gasteiger partial charge in [0.25, 0.3) is 15.9 Å². The van der Waals surface area contributed by atoms with Crippen molar-refractivity contribution in [2.45, 2.75) is 24.8 Å². The van der Waals surface area contributed by atoms with E-state index in [0.717, 1.165) is 5.56 Å². The third kappa shape index (κ3) is 4.94. The summed E-state index contributed by atoms with van der Waals surface area (Å²) >= 11 is 0. The Bertz CT molecular complexity index is 1320. The summed E-state index contributed by atoms with van der Waals surface area (Å²) in [6, 6.07) is 16.5. The standard InChI is InChI=1S/C25H26N2O6S/c1-16-8-9-19(15-24(16)34(29,30)27-20-6-4-5-7-21(20)31-3)25(28)26-17(2)18-10-11-22-23(14-18)33-13-12-32-22/h4-11,14-15,17,27H,12-13H2,1-3H3,(H,26,28). The second-order valence-corrected chi connectivity index (χ2v) is 9.54. The highest BCUT2D eigenvalue weighted by atomic mass is 32.2. The van der Waals surface area contributed by atoms with Gasteiger partial charge < -0.3 is 19.5 Å². The lowest BCUT2D eigenvalue weighted by molar-refractivity contribution is 0.0939. The van der Waals surface area contributed by atoms with Crippen LogP contribution in [0, 0.1) is 6.92 Å². The molecule has 2 N–H and O–H groups in total. The van der Waals surface area contributed by atoms with Crippen LogP contribution in [0.5, 0.6) is 17.2 Å². The molecule has 0 aromatic heterocycles. The predicted octanol–water partition coefficient (Wildman–Crippen LogP) is 4.07. The molecule has 0 saturated heterocycles. The second-order valence-electron chi connectivity index (χ2n) is 7.88. The quantitative estimate of drug-likeness (QED) is 0.526. The Kier molecular flexibility index (Phi) is 6.65. The summed E-state index contributed by atoms with van der Waals surface area (Å²) in [4.78, 5) is 13.0. The molecular formula is C25H26N2O6S. The molecule has 1 aliphatic heterocycles. The number of para-hydroxylation sites is 2. The number of sulfonamides is 1. The van der Waals surface area contributed by atoms with Crippen LogP contribution >= 0.6 is 0 Å². The summed E-state index contributed by atoms with van der Waals surface area (Å²) in [5, 5.41) is 2.91. The van der Waals surface area contributed by atoms with Gasteiger partial charge in [-0.2, -0.15) is 0 Å². The average Bonchev–Trinajstić information content (AvgIpc) is 2.83. The van der Waals surface area contributed by atoms with Crippen molar-refractivity contribution in [1.29, 1.82) is 0 Å². The minimum Gasteiger partial charge on any atom is -0.495 e. The number of hydrogen-bond donors (Lipinski definition) is 2. The maximum Gasteiger partial charge on any atom is 0.262 e. The molecule has 9 heteroatoms. The summed E-state index contributed by atoms with van der Waals surface area (Å²) in [5.74, 6) is 1.31. The van der Waals surface area contributed by atoms with Gasteiger partial charge in [0.1, 0.15) is 19.0 Å². The van der Waals surface area contributed by atoms with Crippen LogP contribution in [0.1, 0.15) is 34.5 Å². The predicted molar refractivity (Wildman–Crippen MR) is 128 cm³/mol.